The molecule has 0 saturated carbocycles. The van der Waals surface area contributed by atoms with Crippen molar-refractivity contribution in [2.75, 3.05) is 18.8 Å². The Hall–Kier alpha value is -4.03. The van der Waals surface area contributed by atoms with Gasteiger partial charge in [-0.3, -0.25) is 9.47 Å². The molecular weight excluding hydrogens is 480 g/mol. The summed E-state index contributed by atoms with van der Waals surface area (Å²) in [5.41, 5.74) is 13.0. The zero-order valence-corrected chi connectivity index (χ0v) is 22.9. The minimum absolute atomic E-state index is 0. The van der Waals surface area contributed by atoms with Gasteiger partial charge < -0.3 is 5.73 Å². The smallest absolute Gasteiger partial charge is 0.165 e. The van der Waals surface area contributed by atoms with E-state index in [4.69, 9.17) is 15.7 Å². The molecule has 0 aliphatic carbocycles. The van der Waals surface area contributed by atoms with Gasteiger partial charge >= 0.3 is 0 Å². The molecule has 0 atom stereocenters. The Morgan fingerprint density at radius 2 is 1.46 bits per heavy atom. The highest BCUT2D eigenvalue weighted by Crippen LogP contribution is 2.31. The Kier molecular flexibility index (Phi) is 10.8. The summed E-state index contributed by atoms with van der Waals surface area (Å²) in [5, 5.41) is 0. The van der Waals surface area contributed by atoms with Crippen LogP contribution in [0.3, 0.4) is 0 Å². The first kappa shape index (κ1) is 29.5. The average molecular weight is 523 g/mol. The number of fused-ring (bicyclic) bond motifs is 1. The van der Waals surface area contributed by atoms with Crippen LogP contribution >= 0.6 is 0 Å². The van der Waals surface area contributed by atoms with Crippen molar-refractivity contribution in [2.45, 2.75) is 54.5 Å². The van der Waals surface area contributed by atoms with E-state index in [1.807, 2.05) is 70.2 Å². The molecular formula is C33H42N6. The summed E-state index contributed by atoms with van der Waals surface area (Å²) in [7, 11) is 0. The van der Waals surface area contributed by atoms with E-state index in [9.17, 15) is 0 Å². The average Bonchev–Trinajstić information content (AvgIpc) is 3.64. The highest BCUT2D eigenvalue weighted by Gasteiger charge is 2.19. The van der Waals surface area contributed by atoms with Gasteiger partial charge in [-0.05, 0) is 67.9 Å². The molecule has 1 saturated heterocycles. The van der Waals surface area contributed by atoms with Gasteiger partial charge in [0.1, 0.15) is 11.3 Å². The Morgan fingerprint density at radius 3 is 2.13 bits per heavy atom. The Balaban J connectivity index is 0.000000805. The van der Waals surface area contributed by atoms with Crippen LogP contribution in [0.4, 0.5) is 5.82 Å². The molecule has 0 spiro atoms. The van der Waals surface area contributed by atoms with Crippen molar-refractivity contribution in [3.63, 3.8) is 0 Å². The van der Waals surface area contributed by atoms with E-state index in [2.05, 4.69) is 50.8 Å². The SMILES string of the molecule is C.CC.CC.Nc1ncccc1-c1nc2ccc(-c3ccccc3)nc2n1-c1ccc(CN2CCCC2)cc1. The summed E-state index contributed by atoms with van der Waals surface area (Å²) in [6.45, 7) is 11.4. The fraction of sp³-hybridized carbons (Fsp3) is 0.303. The quantitative estimate of drug-likeness (QED) is 0.253. The minimum atomic E-state index is 0. The van der Waals surface area contributed by atoms with Crippen LogP contribution in [0.5, 0.6) is 0 Å². The number of aromatic nitrogens is 4. The van der Waals surface area contributed by atoms with Gasteiger partial charge in [-0.25, -0.2) is 15.0 Å². The maximum absolute atomic E-state index is 6.27. The van der Waals surface area contributed by atoms with Crippen molar-refractivity contribution in [1.82, 2.24) is 24.4 Å². The van der Waals surface area contributed by atoms with Crippen LogP contribution in [0, 0.1) is 0 Å². The molecule has 1 aliphatic rings. The van der Waals surface area contributed by atoms with Crippen molar-refractivity contribution < 1.29 is 0 Å². The monoisotopic (exact) mass is 522 g/mol. The van der Waals surface area contributed by atoms with Crippen LogP contribution in [-0.2, 0) is 6.54 Å². The van der Waals surface area contributed by atoms with Crippen molar-refractivity contribution in [2.24, 2.45) is 0 Å². The molecule has 0 amide bonds. The van der Waals surface area contributed by atoms with Gasteiger partial charge in [-0.2, -0.15) is 0 Å². The normalized spacial score (nSPS) is 12.6. The van der Waals surface area contributed by atoms with Crippen LogP contribution in [-0.4, -0.2) is 37.5 Å². The molecule has 2 N–H and O–H groups in total. The van der Waals surface area contributed by atoms with Crippen LogP contribution in [0.25, 0.3) is 39.5 Å². The van der Waals surface area contributed by atoms with Crippen LogP contribution in [0.15, 0.2) is 85.1 Å². The van der Waals surface area contributed by atoms with Crippen LogP contribution in [0.2, 0.25) is 0 Å². The lowest BCUT2D eigenvalue weighted by atomic mass is 10.1. The van der Waals surface area contributed by atoms with Gasteiger partial charge in [-0.15, -0.1) is 0 Å². The highest BCUT2D eigenvalue weighted by molar-refractivity contribution is 5.84. The third-order valence-corrected chi connectivity index (χ3v) is 6.45. The predicted octanol–water partition coefficient (Wildman–Crippen LogP) is 8.02. The zero-order chi connectivity index (χ0) is 26.9. The number of anilines is 1. The number of hydrogen-bond acceptors (Lipinski definition) is 5. The number of hydrogen-bond donors (Lipinski definition) is 1. The first-order valence-electron chi connectivity index (χ1n) is 13.7. The van der Waals surface area contributed by atoms with E-state index in [1.165, 1.54) is 31.5 Å². The number of benzene rings is 2. The summed E-state index contributed by atoms with van der Waals surface area (Å²) in [6.07, 6.45) is 4.29. The maximum atomic E-state index is 6.27. The molecule has 6 nitrogen and oxygen atoms in total. The molecule has 1 fully saturated rings. The summed E-state index contributed by atoms with van der Waals surface area (Å²) >= 11 is 0. The number of nitrogen functional groups attached to an aromatic ring is 1. The second kappa shape index (κ2) is 14.2. The lowest BCUT2D eigenvalue weighted by Gasteiger charge is -2.15. The molecule has 6 heteroatoms. The maximum Gasteiger partial charge on any atom is 0.165 e. The third-order valence-electron chi connectivity index (χ3n) is 6.45. The Bertz CT molecular complexity index is 1430. The molecule has 6 rings (SSSR count). The van der Waals surface area contributed by atoms with Crippen molar-refractivity contribution >= 4 is 17.0 Å². The molecule has 0 unspecified atom stereocenters. The van der Waals surface area contributed by atoms with Gasteiger partial charge in [0.05, 0.1) is 11.3 Å². The van der Waals surface area contributed by atoms with Gasteiger partial charge in [0, 0.05) is 24.0 Å². The second-order valence-corrected chi connectivity index (χ2v) is 8.76. The Labute approximate surface area is 233 Å². The number of nitrogens with zero attached hydrogens (tertiary/aromatic N) is 5. The predicted molar refractivity (Wildman–Crippen MR) is 166 cm³/mol. The number of imidazole rings is 1. The molecule has 0 radical (unpaired) electrons. The topological polar surface area (TPSA) is 72.9 Å². The molecule has 3 aromatic heterocycles. The van der Waals surface area contributed by atoms with Gasteiger partial charge in [-0.1, -0.05) is 77.6 Å². The van der Waals surface area contributed by atoms with E-state index < -0.39 is 0 Å². The molecule has 2 aromatic carbocycles. The second-order valence-electron chi connectivity index (χ2n) is 8.76. The number of nitrogens with two attached hydrogens (primary N) is 1. The van der Waals surface area contributed by atoms with Crippen LogP contribution in [0.1, 0.15) is 53.5 Å². The fourth-order valence-corrected chi connectivity index (χ4v) is 4.71. The lowest BCUT2D eigenvalue weighted by molar-refractivity contribution is 0.331. The number of likely N-dealkylation sites (tertiary alicyclic amines) is 1. The molecule has 0 bridgehead atoms. The molecule has 4 heterocycles. The number of rotatable bonds is 5. The Morgan fingerprint density at radius 1 is 0.769 bits per heavy atom. The molecule has 5 aromatic rings. The third kappa shape index (κ3) is 6.52. The first-order valence-corrected chi connectivity index (χ1v) is 13.7. The summed E-state index contributed by atoms with van der Waals surface area (Å²) in [4.78, 5) is 16.8. The summed E-state index contributed by atoms with van der Waals surface area (Å²) in [6, 6.07) is 26.8. The largest absolute Gasteiger partial charge is 0.383 e. The molecule has 39 heavy (non-hydrogen) atoms. The molecule has 204 valence electrons. The number of pyridine rings is 2. The van der Waals surface area contributed by atoms with Gasteiger partial charge in [0.2, 0.25) is 0 Å². The highest BCUT2D eigenvalue weighted by atomic mass is 15.1. The van der Waals surface area contributed by atoms with Crippen molar-refractivity contribution in [3.8, 4) is 28.3 Å². The fourth-order valence-electron chi connectivity index (χ4n) is 4.71. The van der Waals surface area contributed by atoms with Gasteiger partial charge in [0.15, 0.2) is 11.5 Å². The zero-order valence-electron chi connectivity index (χ0n) is 22.9. The first-order chi connectivity index (χ1) is 18.8. The van der Waals surface area contributed by atoms with E-state index in [0.717, 1.165) is 46.0 Å². The van der Waals surface area contributed by atoms with Crippen molar-refractivity contribution in [3.05, 3.63) is 90.6 Å². The summed E-state index contributed by atoms with van der Waals surface area (Å²) < 4.78 is 2.09. The van der Waals surface area contributed by atoms with E-state index >= 15 is 0 Å². The lowest BCUT2D eigenvalue weighted by Crippen LogP contribution is -2.18. The standard InChI is InChI=1S/C28H26N6.2C2H6.CH4/c29-26-23(9-6-16-30-26)27-32-25-15-14-24(21-7-2-1-3-8-21)31-28(25)34(27)22-12-10-20(11-13-22)19-33-17-4-5-18-33;2*1-2;/h1-3,6-16H,4-5,17-19H2,(H2,29,30);2*1-2H3;1H4. The van der Waals surface area contributed by atoms with E-state index in [1.54, 1.807) is 6.20 Å². The summed E-state index contributed by atoms with van der Waals surface area (Å²) in [5.74, 6) is 1.19. The molecule has 1 aliphatic heterocycles. The van der Waals surface area contributed by atoms with Crippen LogP contribution < -0.4 is 5.73 Å². The van der Waals surface area contributed by atoms with E-state index in [-0.39, 0.29) is 7.43 Å². The minimum Gasteiger partial charge on any atom is -0.383 e. The van der Waals surface area contributed by atoms with E-state index in [0.29, 0.717) is 5.82 Å². The van der Waals surface area contributed by atoms with Crippen molar-refractivity contribution in [1.29, 1.82) is 0 Å². The van der Waals surface area contributed by atoms with Gasteiger partial charge in [0.25, 0.3) is 0 Å².